The fourth-order valence-corrected chi connectivity index (χ4v) is 2.77. The topological polar surface area (TPSA) is 72.5 Å². The van der Waals surface area contributed by atoms with Crippen LogP contribution < -0.4 is 10.5 Å². The van der Waals surface area contributed by atoms with E-state index in [1.165, 1.54) is 0 Å². The number of nitrogens with two attached hydrogens (primary N) is 1. The summed E-state index contributed by atoms with van der Waals surface area (Å²) in [5, 5.41) is 8.70. The molecule has 3 N–H and O–H groups in total. The number of halogens is 1. The molecule has 1 aliphatic carbocycles. The lowest BCUT2D eigenvalue weighted by Gasteiger charge is -2.23. The van der Waals surface area contributed by atoms with Gasteiger partial charge in [-0.05, 0) is 43.7 Å². The number of carbonyl (C=O) groups is 1. The molecule has 5 heteroatoms. The van der Waals surface area contributed by atoms with Crippen molar-refractivity contribution in [2.45, 2.75) is 44.6 Å². The number of carboxylic acids is 1. The molecule has 0 amide bonds. The smallest absolute Gasteiger partial charge is 0.303 e. The van der Waals surface area contributed by atoms with Crippen LogP contribution in [0, 0.1) is 5.82 Å². The standard InChI is InChI=1S/C15H20FNO3/c1-20-13-8-11(12(17)6-7-14(18)19)15(16)10-5-3-2-4-9(10)13/h8,12H,2-7,17H2,1H3,(H,18,19). The second-order valence-electron chi connectivity index (χ2n) is 5.19. The maximum Gasteiger partial charge on any atom is 0.303 e. The molecule has 0 radical (unpaired) electrons. The van der Waals surface area contributed by atoms with Crippen LogP contribution in [-0.4, -0.2) is 18.2 Å². The first-order valence-electron chi connectivity index (χ1n) is 6.90. The highest BCUT2D eigenvalue weighted by atomic mass is 19.1. The van der Waals surface area contributed by atoms with E-state index < -0.39 is 12.0 Å². The number of ether oxygens (including phenoxy) is 1. The van der Waals surface area contributed by atoms with E-state index in [4.69, 9.17) is 15.6 Å². The predicted octanol–water partition coefficient (Wildman–Crippen LogP) is 2.58. The second kappa shape index (κ2) is 6.22. The lowest BCUT2D eigenvalue weighted by Crippen LogP contribution is -2.17. The van der Waals surface area contributed by atoms with Gasteiger partial charge in [0.2, 0.25) is 0 Å². The van der Waals surface area contributed by atoms with Crippen molar-refractivity contribution in [1.82, 2.24) is 0 Å². The largest absolute Gasteiger partial charge is 0.496 e. The average molecular weight is 281 g/mol. The minimum absolute atomic E-state index is 0.0694. The molecule has 0 aliphatic heterocycles. The fraction of sp³-hybridized carbons (Fsp3) is 0.533. The van der Waals surface area contributed by atoms with Crippen LogP contribution in [0.15, 0.2) is 6.07 Å². The Balaban J connectivity index is 2.35. The zero-order chi connectivity index (χ0) is 14.7. The van der Waals surface area contributed by atoms with Crippen molar-refractivity contribution in [2.24, 2.45) is 5.73 Å². The van der Waals surface area contributed by atoms with Crippen LogP contribution in [0.25, 0.3) is 0 Å². The van der Waals surface area contributed by atoms with Gasteiger partial charge in [-0.25, -0.2) is 4.39 Å². The minimum atomic E-state index is -0.925. The first-order chi connectivity index (χ1) is 9.54. The summed E-state index contributed by atoms with van der Waals surface area (Å²) in [6.45, 7) is 0. The van der Waals surface area contributed by atoms with Gasteiger partial charge in [0.25, 0.3) is 0 Å². The lowest BCUT2D eigenvalue weighted by atomic mass is 9.87. The molecule has 0 heterocycles. The van der Waals surface area contributed by atoms with Gasteiger partial charge in [0, 0.05) is 23.6 Å². The molecular formula is C15H20FNO3. The van der Waals surface area contributed by atoms with Gasteiger partial charge in [-0.1, -0.05) is 0 Å². The molecule has 2 rings (SSSR count). The van der Waals surface area contributed by atoms with Crippen molar-refractivity contribution in [3.8, 4) is 5.75 Å². The number of methoxy groups -OCH3 is 1. The minimum Gasteiger partial charge on any atom is -0.496 e. The number of rotatable bonds is 5. The van der Waals surface area contributed by atoms with Crippen LogP contribution >= 0.6 is 0 Å². The number of hydrogen-bond donors (Lipinski definition) is 2. The monoisotopic (exact) mass is 281 g/mol. The highest BCUT2D eigenvalue weighted by Gasteiger charge is 2.24. The summed E-state index contributed by atoms with van der Waals surface area (Å²) in [7, 11) is 1.56. The summed E-state index contributed by atoms with van der Waals surface area (Å²) in [4.78, 5) is 10.6. The molecule has 110 valence electrons. The molecule has 0 bridgehead atoms. The van der Waals surface area contributed by atoms with Crippen LogP contribution in [0.2, 0.25) is 0 Å². The summed E-state index contributed by atoms with van der Waals surface area (Å²) in [6.07, 6.45) is 3.65. The Morgan fingerprint density at radius 2 is 2.10 bits per heavy atom. The Bertz CT molecular complexity index is 516. The molecule has 1 aromatic rings. The van der Waals surface area contributed by atoms with Crippen LogP contribution in [0.3, 0.4) is 0 Å². The molecule has 1 aliphatic rings. The summed E-state index contributed by atoms with van der Waals surface area (Å²) in [6, 6.07) is 1.01. The Morgan fingerprint density at radius 3 is 2.70 bits per heavy atom. The van der Waals surface area contributed by atoms with Crippen molar-refractivity contribution in [2.75, 3.05) is 7.11 Å². The van der Waals surface area contributed by atoms with Gasteiger partial charge in [0.15, 0.2) is 0 Å². The lowest BCUT2D eigenvalue weighted by molar-refractivity contribution is -0.137. The summed E-state index contributed by atoms with van der Waals surface area (Å²) in [5.41, 5.74) is 7.93. The third-order valence-electron chi connectivity index (χ3n) is 3.86. The maximum absolute atomic E-state index is 14.6. The summed E-state index contributed by atoms with van der Waals surface area (Å²) < 4.78 is 19.9. The van der Waals surface area contributed by atoms with Gasteiger partial charge in [0.1, 0.15) is 11.6 Å². The number of hydrogen-bond acceptors (Lipinski definition) is 3. The van der Waals surface area contributed by atoms with Gasteiger partial charge in [-0.2, -0.15) is 0 Å². The highest BCUT2D eigenvalue weighted by Crippen LogP contribution is 2.36. The number of aliphatic carboxylic acids is 1. The molecule has 0 aromatic heterocycles. The fourth-order valence-electron chi connectivity index (χ4n) is 2.77. The Labute approximate surface area is 117 Å². The molecule has 1 atom stereocenters. The van der Waals surface area contributed by atoms with E-state index in [9.17, 15) is 9.18 Å². The molecule has 0 fully saturated rings. The third kappa shape index (κ3) is 2.93. The molecule has 20 heavy (non-hydrogen) atoms. The molecule has 1 unspecified atom stereocenters. The van der Waals surface area contributed by atoms with Crippen LogP contribution in [0.5, 0.6) is 5.75 Å². The van der Waals surface area contributed by atoms with E-state index in [1.54, 1.807) is 13.2 Å². The molecule has 4 nitrogen and oxygen atoms in total. The number of fused-ring (bicyclic) bond motifs is 1. The van der Waals surface area contributed by atoms with Crippen molar-refractivity contribution < 1.29 is 19.0 Å². The van der Waals surface area contributed by atoms with Gasteiger partial charge in [-0.3, -0.25) is 4.79 Å². The van der Waals surface area contributed by atoms with E-state index in [0.29, 0.717) is 23.3 Å². The third-order valence-corrected chi connectivity index (χ3v) is 3.86. The molecule has 0 spiro atoms. The average Bonchev–Trinajstić information content (AvgIpc) is 2.45. The predicted molar refractivity (Wildman–Crippen MR) is 73.4 cm³/mol. The van der Waals surface area contributed by atoms with Gasteiger partial charge in [-0.15, -0.1) is 0 Å². The first-order valence-corrected chi connectivity index (χ1v) is 6.90. The van der Waals surface area contributed by atoms with Gasteiger partial charge < -0.3 is 15.6 Å². The first kappa shape index (κ1) is 14.8. The van der Waals surface area contributed by atoms with Gasteiger partial charge >= 0.3 is 5.97 Å². The van der Waals surface area contributed by atoms with Crippen molar-refractivity contribution in [1.29, 1.82) is 0 Å². The van der Waals surface area contributed by atoms with Crippen molar-refractivity contribution in [3.05, 3.63) is 28.6 Å². The van der Waals surface area contributed by atoms with E-state index in [0.717, 1.165) is 24.8 Å². The zero-order valence-corrected chi connectivity index (χ0v) is 11.6. The number of carboxylic acid groups (broad SMARTS) is 1. The van der Waals surface area contributed by atoms with E-state index in [2.05, 4.69) is 0 Å². The van der Waals surface area contributed by atoms with Gasteiger partial charge in [0.05, 0.1) is 7.11 Å². The Morgan fingerprint density at radius 1 is 1.45 bits per heavy atom. The molecule has 0 saturated heterocycles. The molecular weight excluding hydrogens is 261 g/mol. The quantitative estimate of drug-likeness (QED) is 0.870. The zero-order valence-electron chi connectivity index (χ0n) is 11.6. The Hall–Kier alpha value is -1.62. The highest BCUT2D eigenvalue weighted by molar-refractivity contribution is 5.66. The normalized spacial score (nSPS) is 15.6. The van der Waals surface area contributed by atoms with E-state index >= 15 is 0 Å². The summed E-state index contributed by atoms with van der Waals surface area (Å²) in [5.74, 6) is -0.536. The number of benzene rings is 1. The molecule has 1 aromatic carbocycles. The SMILES string of the molecule is COc1cc(C(N)CCC(=O)O)c(F)c2c1CCCC2. The van der Waals surface area contributed by atoms with E-state index in [1.807, 2.05) is 0 Å². The molecule has 0 saturated carbocycles. The van der Waals surface area contributed by atoms with Crippen molar-refractivity contribution in [3.63, 3.8) is 0 Å². The van der Waals surface area contributed by atoms with Crippen LogP contribution in [0.4, 0.5) is 4.39 Å². The van der Waals surface area contributed by atoms with Crippen molar-refractivity contribution >= 4 is 5.97 Å². The maximum atomic E-state index is 14.6. The second-order valence-corrected chi connectivity index (χ2v) is 5.19. The summed E-state index contributed by atoms with van der Waals surface area (Å²) >= 11 is 0. The van der Waals surface area contributed by atoms with Crippen LogP contribution in [0.1, 0.15) is 48.4 Å². The Kier molecular flexibility index (Phi) is 4.60. The van der Waals surface area contributed by atoms with Crippen LogP contribution in [-0.2, 0) is 17.6 Å². The van der Waals surface area contributed by atoms with E-state index in [-0.39, 0.29) is 18.7 Å².